The van der Waals surface area contributed by atoms with Crippen LogP contribution in [0.2, 0.25) is 0 Å². The predicted octanol–water partition coefficient (Wildman–Crippen LogP) is 2.13. The summed E-state index contributed by atoms with van der Waals surface area (Å²) < 4.78 is 6.28. The third-order valence-corrected chi connectivity index (χ3v) is 4.18. The normalized spacial score (nSPS) is 22.8. The van der Waals surface area contributed by atoms with Gasteiger partial charge in [0.05, 0.1) is 5.52 Å². The number of fused-ring (bicyclic) bond motifs is 1. The number of ether oxygens (including phenoxy) is 1. The Balaban J connectivity index is 1.79. The van der Waals surface area contributed by atoms with Crippen LogP contribution in [0.1, 0.15) is 24.9 Å². The van der Waals surface area contributed by atoms with Crippen LogP contribution in [-0.2, 0) is 9.53 Å². The highest BCUT2D eigenvalue weighted by Crippen LogP contribution is 2.28. The molecule has 0 radical (unpaired) electrons. The van der Waals surface area contributed by atoms with Crippen LogP contribution < -0.4 is 5.32 Å². The average Bonchev–Trinajstić information content (AvgIpc) is 2.96. The van der Waals surface area contributed by atoms with Crippen LogP contribution in [0.4, 0.5) is 0 Å². The number of nitrogens with one attached hydrogen (secondary N) is 2. The minimum absolute atomic E-state index is 0.0301. The highest BCUT2D eigenvalue weighted by atomic mass is 127. The maximum atomic E-state index is 11.0. The molecule has 5 nitrogen and oxygen atoms in total. The van der Waals surface area contributed by atoms with Crippen molar-refractivity contribution in [1.29, 1.82) is 0 Å². The second-order valence-electron chi connectivity index (χ2n) is 4.74. The molecule has 2 atom stereocenters. The van der Waals surface area contributed by atoms with Crippen molar-refractivity contribution in [3.63, 3.8) is 0 Å². The van der Waals surface area contributed by atoms with Crippen molar-refractivity contribution in [2.24, 2.45) is 0 Å². The van der Waals surface area contributed by atoms with Crippen LogP contribution in [0.5, 0.6) is 0 Å². The predicted molar refractivity (Wildman–Crippen MR) is 79.7 cm³/mol. The largest absolute Gasteiger partial charge is 0.461 e. The Labute approximate surface area is 124 Å². The van der Waals surface area contributed by atoms with Crippen molar-refractivity contribution in [1.82, 2.24) is 15.5 Å². The van der Waals surface area contributed by atoms with Gasteiger partial charge in [0.15, 0.2) is 0 Å². The molecule has 1 unspecified atom stereocenters. The monoisotopic (exact) mass is 371 g/mol. The topological polar surface area (TPSA) is 67.0 Å². The fourth-order valence-corrected chi connectivity index (χ4v) is 3.07. The number of hydrogen-bond acceptors (Lipinski definition) is 4. The van der Waals surface area contributed by atoms with E-state index < -0.39 is 0 Å². The van der Waals surface area contributed by atoms with Gasteiger partial charge in [-0.3, -0.25) is 9.89 Å². The zero-order valence-electron chi connectivity index (χ0n) is 10.4. The molecule has 1 aliphatic heterocycles. The minimum Gasteiger partial charge on any atom is -0.461 e. The van der Waals surface area contributed by atoms with Gasteiger partial charge in [-0.15, -0.1) is 0 Å². The molecule has 1 aromatic carbocycles. The van der Waals surface area contributed by atoms with E-state index in [4.69, 9.17) is 4.74 Å². The molecule has 1 aromatic heterocycles. The van der Waals surface area contributed by atoms with E-state index in [9.17, 15) is 4.79 Å². The lowest BCUT2D eigenvalue weighted by Crippen LogP contribution is -2.19. The van der Waals surface area contributed by atoms with Crippen molar-refractivity contribution in [2.75, 3.05) is 6.54 Å². The number of benzene rings is 1. The van der Waals surface area contributed by atoms with Crippen LogP contribution in [0.15, 0.2) is 18.2 Å². The molecule has 1 saturated heterocycles. The molecular weight excluding hydrogens is 357 g/mol. The van der Waals surface area contributed by atoms with Crippen LogP contribution >= 0.6 is 22.6 Å². The molecule has 0 bridgehead atoms. The van der Waals surface area contributed by atoms with E-state index >= 15 is 0 Å². The molecule has 0 aliphatic carbocycles. The Kier molecular flexibility index (Phi) is 3.44. The first-order valence-electron chi connectivity index (χ1n) is 6.17. The van der Waals surface area contributed by atoms with Crippen LogP contribution in [0, 0.1) is 3.70 Å². The zero-order valence-corrected chi connectivity index (χ0v) is 12.6. The molecule has 100 valence electrons. The van der Waals surface area contributed by atoms with Gasteiger partial charge in [0, 0.05) is 31.3 Å². The van der Waals surface area contributed by atoms with E-state index in [0.717, 1.165) is 21.0 Å². The molecule has 19 heavy (non-hydrogen) atoms. The van der Waals surface area contributed by atoms with Gasteiger partial charge < -0.3 is 10.1 Å². The van der Waals surface area contributed by atoms with Gasteiger partial charge in [0.2, 0.25) is 0 Å². The molecule has 2 aromatic rings. The van der Waals surface area contributed by atoms with Crippen LogP contribution in [0.3, 0.4) is 0 Å². The average molecular weight is 371 g/mol. The number of aromatic nitrogens is 2. The van der Waals surface area contributed by atoms with Gasteiger partial charge in [-0.25, -0.2) is 0 Å². The quantitative estimate of drug-likeness (QED) is 0.627. The lowest BCUT2D eigenvalue weighted by molar-refractivity contribution is -0.145. The number of rotatable bonds is 2. The Morgan fingerprint density at radius 3 is 3.16 bits per heavy atom. The highest BCUT2D eigenvalue weighted by molar-refractivity contribution is 14.1. The zero-order chi connectivity index (χ0) is 13.4. The van der Waals surface area contributed by atoms with Crippen molar-refractivity contribution < 1.29 is 9.53 Å². The third-order valence-electron chi connectivity index (χ3n) is 3.36. The van der Waals surface area contributed by atoms with E-state index in [2.05, 4.69) is 56.3 Å². The molecule has 6 heteroatoms. The first kappa shape index (κ1) is 12.9. The number of esters is 1. The SMILES string of the molecule is CC(=O)OC1CN[C@@H](c2ccc3c(I)[nH]nc3c2)C1. The summed E-state index contributed by atoms with van der Waals surface area (Å²) in [5.41, 5.74) is 2.16. The first-order valence-corrected chi connectivity index (χ1v) is 7.25. The summed E-state index contributed by atoms with van der Waals surface area (Å²) in [4.78, 5) is 11.0. The van der Waals surface area contributed by atoms with Gasteiger partial charge >= 0.3 is 5.97 Å². The summed E-state index contributed by atoms with van der Waals surface area (Å²) in [5.74, 6) is -0.218. The Morgan fingerprint density at radius 1 is 1.53 bits per heavy atom. The Bertz CT molecular complexity index is 625. The third kappa shape index (κ3) is 2.59. The minimum atomic E-state index is -0.218. The van der Waals surface area contributed by atoms with Crippen molar-refractivity contribution in [2.45, 2.75) is 25.5 Å². The molecular formula is C13H14IN3O2. The molecule has 2 N–H and O–H groups in total. The van der Waals surface area contributed by atoms with E-state index in [-0.39, 0.29) is 18.1 Å². The van der Waals surface area contributed by atoms with Crippen LogP contribution in [0.25, 0.3) is 10.9 Å². The summed E-state index contributed by atoms with van der Waals surface area (Å²) >= 11 is 2.24. The van der Waals surface area contributed by atoms with Gasteiger partial charge in [-0.2, -0.15) is 5.10 Å². The number of H-pyrrole nitrogens is 1. The maximum Gasteiger partial charge on any atom is 0.302 e. The van der Waals surface area contributed by atoms with Crippen molar-refractivity contribution in [3.8, 4) is 0 Å². The Hall–Kier alpha value is -1.15. The molecule has 1 fully saturated rings. The smallest absolute Gasteiger partial charge is 0.302 e. The lowest BCUT2D eigenvalue weighted by atomic mass is 10.0. The number of carbonyl (C=O) groups excluding carboxylic acids is 1. The van der Waals surface area contributed by atoms with Crippen molar-refractivity contribution in [3.05, 3.63) is 27.5 Å². The Morgan fingerprint density at radius 2 is 2.37 bits per heavy atom. The van der Waals surface area contributed by atoms with E-state index in [1.165, 1.54) is 12.5 Å². The molecule has 3 rings (SSSR count). The number of nitrogens with zero attached hydrogens (tertiary/aromatic N) is 1. The summed E-state index contributed by atoms with van der Waals surface area (Å²) in [5, 5.41) is 11.8. The number of halogens is 1. The van der Waals surface area contributed by atoms with Gasteiger partial charge in [0.1, 0.15) is 9.80 Å². The molecule has 0 spiro atoms. The standard InChI is InChI=1S/C13H14IN3O2/c1-7(18)19-9-5-11(15-6-9)8-2-3-10-12(4-8)16-17-13(10)14/h2-4,9,11,15H,5-6H2,1H3,(H,16,17)/t9?,11-/m1/s1. The van der Waals surface area contributed by atoms with Crippen molar-refractivity contribution >= 4 is 39.5 Å². The van der Waals surface area contributed by atoms with Crippen LogP contribution in [-0.4, -0.2) is 28.8 Å². The highest BCUT2D eigenvalue weighted by Gasteiger charge is 2.27. The second-order valence-corrected chi connectivity index (χ2v) is 5.82. The summed E-state index contributed by atoms with van der Waals surface area (Å²) in [6, 6.07) is 6.50. The van der Waals surface area contributed by atoms with E-state index in [1.54, 1.807) is 0 Å². The molecule has 1 aliphatic rings. The summed E-state index contributed by atoms with van der Waals surface area (Å²) in [6.45, 7) is 2.16. The van der Waals surface area contributed by atoms with Gasteiger partial charge in [0.25, 0.3) is 0 Å². The molecule has 0 amide bonds. The van der Waals surface area contributed by atoms with Gasteiger partial charge in [-0.05, 0) is 40.3 Å². The second kappa shape index (κ2) is 5.09. The molecule has 0 saturated carbocycles. The fourth-order valence-electron chi connectivity index (χ4n) is 2.49. The summed E-state index contributed by atoms with van der Waals surface area (Å²) in [6.07, 6.45) is 0.782. The summed E-state index contributed by atoms with van der Waals surface area (Å²) in [7, 11) is 0. The number of aromatic amines is 1. The number of hydrogen-bond donors (Lipinski definition) is 2. The van der Waals surface area contributed by atoms with E-state index in [0.29, 0.717) is 6.54 Å². The van der Waals surface area contributed by atoms with E-state index in [1.807, 2.05) is 0 Å². The lowest BCUT2D eigenvalue weighted by Gasteiger charge is -2.11. The number of carbonyl (C=O) groups is 1. The fraction of sp³-hybridized carbons (Fsp3) is 0.385. The van der Waals surface area contributed by atoms with Gasteiger partial charge in [-0.1, -0.05) is 6.07 Å². The first-order chi connectivity index (χ1) is 9.13. The maximum absolute atomic E-state index is 11.0. The molecule has 2 heterocycles.